The van der Waals surface area contributed by atoms with E-state index >= 15 is 0 Å². The molecule has 0 amide bonds. The molecule has 2 N–H and O–H groups in total. The van der Waals surface area contributed by atoms with Gasteiger partial charge in [-0.25, -0.2) is 17.6 Å². The smallest absolute Gasteiger partial charge is 0.307 e. The number of ether oxygens (including phenoxy) is 1. The van der Waals surface area contributed by atoms with Crippen molar-refractivity contribution in [3.63, 3.8) is 0 Å². The van der Waals surface area contributed by atoms with Crippen molar-refractivity contribution in [3.05, 3.63) is 77.1 Å². The number of benzene rings is 2. The summed E-state index contributed by atoms with van der Waals surface area (Å²) in [5.74, 6) is -5.74. The molecule has 3 aromatic rings. The van der Waals surface area contributed by atoms with Gasteiger partial charge in [-0.05, 0) is 42.3 Å². The fourth-order valence-corrected chi connectivity index (χ4v) is 3.58. The van der Waals surface area contributed by atoms with E-state index < -0.39 is 40.9 Å². The molecule has 1 heterocycles. The summed E-state index contributed by atoms with van der Waals surface area (Å²) in [5, 5.41) is 12.0. The zero-order valence-electron chi connectivity index (χ0n) is 16.8. The third kappa shape index (κ3) is 4.23. The van der Waals surface area contributed by atoms with Crippen molar-refractivity contribution in [2.45, 2.75) is 18.9 Å². The molecule has 0 unspecified atom stereocenters. The molecule has 1 fully saturated rings. The predicted octanol–water partition coefficient (Wildman–Crippen LogP) is 5.11. The highest BCUT2D eigenvalue weighted by Crippen LogP contribution is 2.46. The number of methoxy groups -OCH3 is 1. The van der Waals surface area contributed by atoms with Crippen LogP contribution < -0.4 is 10.1 Å². The molecule has 0 radical (unpaired) electrons. The Hall–Kier alpha value is -3.62. The zero-order chi connectivity index (χ0) is 23.0. The van der Waals surface area contributed by atoms with Crippen LogP contribution in [-0.2, 0) is 11.3 Å². The molecule has 0 spiro atoms. The lowest BCUT2D eigenvalue weighted by molar-refractivity contribution is -0.138. The van der Waals surface area contributed by atoms with Crippen LogP contribution in [0.1, 0.15) is 23.6 Å². The number of nitrogens with zero attached hydrogens (tertiary/aromatic N) is 1. The van der Waals surface area contributed by atoms with Gasteiger partial charge in [0.25, 0.3) is 0 Å². The fourth-order valence-electron chi connectivity index (χ4n) is 3.58. The van der Waals surface area contributed by atoms with Gasteiger partial charge < -0.3 is 15.2 Å². The maximum absolute atomic E-state index is 14.4. The van der Waals surface area contributed by atoms with E-state index in [0.717, 1.165) is 19.2 Å². The third-order valence-electron chi connectivity index (χ3n) is 5.41. The van der Waals surface area contributed by atoms with Gasteiger partial charge in [0.15, 0.2) is 17.4 Å². The molecule has 2 atom stereocenters. The monoisotopic (exact) mass is 446 g/mol. The summed E-state index contributed by atoms with van der Waals surface area (Å²) in [6, 6.07) is 7.07. The Morgan fingerprint density at radius 2 is 1.81 bits per heavy atom. The SMILES string of the molecule is COc1c(F)cc(-c2cc(CNc3ccc([C@@H]4C[C@H]4C(=O)O)nc3)c(F)cc2F)cc1F. The van der Waals surface area contributed by atoms with Gasteiger partial charge in [-0.3, -0.25) is 9.78 Å². The first-order valence-corrected chi connectivity index (χ1v) is 9.72. The van der Waals surface area contributed by atoms with Crippen LogP contribution in [-0.4, -0.2) is 23.2 Å². The Morgan fingerprint density at radius 1 is 1.09 bits per heavy atom. The summed E-state index contributed by atoms with van der Waals surface area (Å²) in [6.07, 6.45) is 2.05. The second-order valence-corrected chi connectivity index (χ2v) is 7.51. The average Bonchev–Trinajstić information content (AvgIpc) is 3.54. The molecule has 2 aromatic carbocycles. The highest BCUT2D eigenvalue weighted by atomic mass is 19.1. The summed E-state index contributed by atoms with van der Waals surface area (Å²) in [4.78, 5) is 15.2. The molecule has 1 saturated carbocycles. The Kier molecular flexibility index (Phi) is 5.73. The molecule has 1 aliphatic rings. The first-order valence-electron chi connectivity index (χ1n) is 9.72. The summed E-state index contributed by atoms with van der Waals surface area (Å²) in [6.45, 7) is -0.0392. The van der Waals surface area contributed by atoms with E-state index in [4.69, 9.17) is 5.11 Å². The lowest BCUT2D eigenvalue weighted by Gasteiger charge is -2.12. The molecule has 32 heavy (non-hydrogen) atoms. The maximum Gasteiger partial charge on any atom is 0.307 e. The standard InChI is InChI=1S/C23H18F4N2O3/c1-32-22-19(26)5-11(6-20(22)27)14-4-12(17(24)8-18(14)25)9-28-13-2-3-21(29-10-13)15-7-16(15)23(30)31/h2-6,8,10,15-16,28H,7,9H2,1H3,(H,30,31)/t15-,16-/m1/s1. The number of pyridine rings is 1. The number of hydrogen-bond acceptors (Lipinski definition) is 4. The number of halogens is 4. The predicted molar refractivity (Wildman–Crippen MR) is 108 cm³/mol. The molecule has 166 valence electrons. The Balaban J connectivity index is 1.52. The first-order chi connectivity index (χ1) is 15.3. The summed E-state index contributed by atoms with van der Waals surface area (Å²) < 4.78 is 61.3. The molecular formula is C23H18F4N2O3. The number of carbonyl (C=O) groups is 1. The van der Waals surface area contributed by atoms with Gasteiger partial charge in [-0.1, -0.05) is 0 Å². The largest absolute Gasteiger partial charge is 0.491 e. The molecule has 0 aliphatic heterocycles. The van der Waals surface area contributed by atoms with Crippen molar-refractivity contribution in [1.29, 1.82) is 0 Å². The van der Waals surface area contributed by atoms with Crippen molar-refractivity contribution in [2.75, 3.05) is 12.4 Å². The first kappa shape index (κ1) is 21.6. The lowest BCUT2D eigenvalue weighted by atomic mass is 10.0. The highest BCUT2D eigenvalue weighted by molar-refractivity contribution is 5.75. The van der Waals surface area contributed by atoms with Crippen LogP contribution in [0.2, 0.25) is 0 Å². The minimum atomic E-state index is -1.00. The van der Waals surface area contributed by atoms with E-state index in [2.05, 4.69) is 15.0 Å². The number of aliphatic carboxylic acids is 1. The topological polar surface area (TPSA) is 71.5 Å². The van der Waals surface area contributed by atoms with Crippen LogP contribution in [0.15, 0.2) is 42.6 Å². The number of carboxylic acids is 1. The van der Waals surface area contributed by atoms with Gasteiger partial charge in [0.2, 0.25) is 0 Å². The summed E-state index contributed by atoms with van der Waals surface area (Å²) in [7, 11) is 1.11. The molecule has 9 heteroatoms. The molecule has 4 rings (SSSR count). The van der Waals surface area contributed by atoms with Crippen LogP contribution >= 0.6 is 0 Å². The number of nitrogens with one attached hydrogen (secondary N) is 1. The van der Waals surface area contributed by atoms with Crippen molar-refractivity contribution >= 4 is 11.7 Å². The van der Waals surface area contributed by atoms with Crippen molar-refractivity contribution < 1.29 is 32.2 Å². The zero-order valence-corrected chi connectivity index (χ0v) is 16.8. The van der Waals surface area contributed by atoms with Crippen LogP contribution in [0.25, 0.3) is 11.1 Å². The Bertz CT molecular complexity index is 1160. The van der Waals surface area contributed by atoms with Gasteiger partial charge in [0.05, 0.1) is 24.9 Å². The molecule has 1 aliphatic carbocycles. The van der Waals surface area contributed by atoms with E-state index in [1.54, 1.807) is 12.1 Å². The van der Waals surface area contributed by atoms with Crippen molar-refractivity contribution in [2.24, 2.45) is 5.92 Å². The number of aromatic nitrogens is 1. The third-order valence-corrected chi connectivity index (χ3v) is 5.41. The fraction of sp³-hybridized carbons (Fsp3) is 0.217. The lowest BCUT2D eigenvalue weighted by Crippen LogP contribution is -2.05. The van der Waals surface area contributed by atoms with Gasteiger partial charge >= 0.3 is 5.97 Å². The van der Waals surface area contributed by atoms with Gasteiger partial charge in [0, 0.05) is 35.3 Å². The number of carboxylic acid groups (broad SMARTS) is 1. The van der Waals surface area contributed by atoms with E-state index in [1.165, 1.54) is 12.3 Å². The number of hydrogen-bond donors (Lipinski definition) is 2. The minimum absolute atomic E-state index is 0.0392. The maximum atomic E-state index is 14.4. The molecule has 0 saturated heterocycles. The molecule has 5 nitrogen and oxygen atoms in total. The minimum Gasteiger partial charge on any atom is -0.491 e. The van der Waals surface area contributed by atoms with Crippen molar-refractivity contribution in [3.8, 4) is 16.9 Å². The van der Waals surface area contributed by atoms with E-state index in [1.807, 2.05) is 0 Å². The van der Waals surface area contributed by atoms with Crippen LogP contribution in [0.3, 0.4) is 0 Å². The molecular weight excluding hydrogens is 428 g/mol. The Morgan fingerprint density at radius 3 is 2.38 bits per heavy atom. The summed E-state index contributed by atoms with van der Waals surface area (Å²) >= 11 is 0. The normalized spacial score (nSPS) is 17.2. The second-order valence-electron chi connectivity index (χ2n) is 7.51. The number of rotatable bonds is 7. The Labute approximate surface area is 180 Å². The van der Waals surface area contributed by atoms with Crippen molar-refractivity contribution in [1.82, 2.24) is 4.98 Å². The summed E-state index contributed by atoms with van der Waals surface area (Å²) in [5.41, 5.74) is 1.04. The van der Waals surface area contributed by atoms with Gasteiger partial charge in [-0.15, -0.1) is 0 Å². The molecule has 0 bridgehead atoms. The number of anilines is 1. The van der Waals surface area contributed by atoms with Gasteiger partial charge in [0.1, 0.15) is 11.6 Å². The van der Waals surface area contributed by atoms with Gasteiger partial charge in [-0.2, -0.15) is 0 Å². The van der Waals surface area contributed by atoms with E-state index in [-0.39, 0.29) is 29.2 Å². The van der Waals surface area contributed by atoms with E-state index in [9.17, 15) is 22.4 Å². The van der Waals surface area contributed by atoms with Crippen LogP contribution in [0, 0.1) is 29.2 Å². The quantitative estimate of drug-likeness (QED) is 0.494. The average molecular weight is 446 g/mol. The molecule has 1 aromatic heterocycles. The highest BCUT2D eigenvalue weighted by Gasteiger charge is 2.45. The van der Waals surface area contributed by atoms with Crippen LogP contribution in [0.4, 0.5) is 23.2 Å². The van der Waals surface area contributed by atoms with Crippen LogP contribution in [0.5, 0.6) is 5.75 Å². The second kappa shape index (κ2) is 8.49. The van der Waals surface area contributed by atoms with E-state index in [0.29, 0.717) is 23.9 Å².